The summed E-state index contributed by atoms with van der Waals surface area (Å²) in [6.45, 7) is 8.38. The maximum absolute atomic E-state index is 12.5. The lowest BCUT2D eigenvalue weighted by molar-refractivity contribution is -0.124. The van der Waals surface area contributed by atoms with E-state index in [0.29, 0.717) is 0 Å². The van der Waals surface area contributed by atoms with Gasteiger partial charge in [0.15, 0.2) is 0 Å². The molecule has 0 aliphatic heterocycles. The highest BCUT2D eigenvalue weighted by Crippen LogP contribution is 2.41. The predicted molar refractivity (Wildman–Crippen MR) is 88.2 cm³/mol. The number of nitrogens with one attached hydrogen (secondary N) is 2. The van der Waals surface area contributed by atoms with Gasteiger partial charge in [0, 0.05) is 18.2 Å². The molecular formula is C18H28N2O. The number of carbonyl (C=O) groups is 1. The summed E-state index contributed by atoms with van der Waals surface area (Å²) >= 11 is 0. The molecule has 0 aromatic heterocycles. The first-order valence-electron chi connectivity index (χ1n) is 8.13. The first kappa shape index (κ1) is 16.0. The van der Waals surface area contributed by atoms with Crippen LogP contribution < -0.4 is 10.6 Å². The molecule has 1 saturated carbocycles. The molecule has 2 rings (SSSR count). The molecule has 1 aromatic rings. The molecule has 3 nitrogen and oxygen atoms in total. The van der Waals surface area contributed by atoms with Gasteiger partial charge in [-0.1, -0.05) is 45.7 Å². The first-order valence-corrected chi connectivity index (χ1v) is 8.13. The summed E-state index contributed by atoms with van der Waals surface area (Å²) in [6.07, 6.45) is 4.57. The van der Waals surface area contributed by atoms with Crippen molar-refractivity contribution in [2.45, 2.75) is 53.0 Å². The van der Waals surface area contributed by atoms with Gasteiger partial charge in [0.2, 0.25) is 5.91 Å². The van der Waals surface area contributed by atoms with Gasteiger partial charge in [0.05, 0.1) is 0 Å². The number of hydrogen-bond acceptors (Lipinski definition) is 2. The van der Waals surface area contributed by atoms with Gasteiger partial charge < -0.3 is 10.6 Å². The lowest BCUT2D eigenvalue weighted by Crippen LogP contribution is -2.37. The standard InChI is InChI=1S/C18H28N2O/c1-4-19-13-14-8-10-15(11-9-14)20-17(21)16-7-5-6-12-18(16,2)3/h8-11,16,19H,4-7,12-13H2,1-3H3,(H,20,21). The van der Waals surface area contributed by atoms with E-state index >= 15 is 0 Å². The van der Waals surface area contributed by atoms with E-state index in [1.807, 2.05) is 12.1 Å². The average molecular weight is 288 g/mol. The molecule has 1 fully saturated rings. The second-order valence-electron chi connectivity index (χ2n) is 6.75. The van der Waals surface area contributed by atoms with E-state index in [-0.39, 0.29) is 17.2 Å². The van der Waals surface area contributed by atoms with Crippen LogP contribution >= 0.6 is 0 Å². The first-order chi connectivity index (χ1) is 10.0. The summed E-state index contributed by atoms with van der Waals surface area (Å²) in [5, 5.41) is 6.39. The Morgan fingerprint density at radius 3 is 2.57 bits per heavy atom. The molecule has 21 heavy (non-hydrogen) atoms. The summed E-state index contributed by atoms with van der Waals surface area (Å²) < 4.78 is 0. The number of rotatable bonds is 5. The summed E-state index contributed by atoms with van der Waals surface area (Å²) in [5.74, 6) is 0.312. The van der Waals surface area contributed by atoms with Crippen molar-refractivity contribution >= 4 is 11.6 Å². The minimum Gasteiger partial charge on any atom is -0.326 e. The third-order valence-electron chi connectivity index (χ3n) is 4.62. The Bertz CT molecular complexity index is 465. The highest BCUT2D eigenvalue weighted by atomic mass is 16.1. The van der Waals surface area contributed by atoms with Crippen molar-refractivity contribution in [2.75, 3.05) is 11.9 Å². The summed E-state index contributed by atoms with van der Waals surface area (Å²) in [4.78, 5) is 12.5. The number of carbonyl (C=O) groups excluding carboxylic acids is 1. The van der Waals surface area contributed by atoms with Crippen LogP contribution in [0.25, 0.3) is 0 Å². The highest BCUT2D eigenvalue weighted by molar-refractivity contribution is 5.93. The molecular weight excluding hydrogens is 260 g/mol. The van der Waals surface area contributed by atoms with Crippen LogP contribution in [0, 0.1) is 11.3 Å². The van der Waals surface area contributed by atoms with Crippen LogP contribution in [0.1, 0.15) is 52.0 Å². The molecule has 3 heteroatoms. The van der Waals surface area contributed by atoms with Crippen LogP contribution in [0.15, 0.2) is 24.3 Å². The van der Waals surface area contributed by atoms with Gasteiger partial charge in [0.25, 0.3) is 0 Å². The SMILES string of the molecule is CCNCc1ccc(NC(=O)C2CCCCC2(C)C)cc1. The molecule has 1 aliphatic rings. The Kier molecular flexibility index (Phi) is 5.40. The summed E-state index contributed by atoms with van der Waals surface area (Å²) in [7, 11) is 0. The van der Waals surface area contributed by atoms with E-state index in [4.69, 9.17) is 0 Å². The second-order valence-corrected chi connectivity index (χ2v) is 6.75. The number of hydrogen-bond donors (Lipinski definition) is 2. The zero-order valence-corrected chi connectivity index (χ0v) is 13.5. The third kappa shape index (κ3) is 4.31. The number of anilines is 1. The predicted octanol–water partition coefficient (Wildman–Crippen LogP) is 3.95. The van der Waals surface area contributed by atoms with Gasteiger partial charge in [-0.05, 0) is 42.5 Å². The van der Waals surface area contributed by atoms with Gasteiger partial charge in [-0.15, -0.1) is 0 Å². The number of benzene rings is 1. The molecule has 0 heterocycles. The fraction of sp³-hybridized carbons (Fsp3) is 0.611. The van der Waals surface area contributed by atoms with Crippen molar-refractivity contribution < 1.29 is 4.79 Å². The van der Waals surface area contributed by atoms with E-state index in [0.717, 1.165) is 31.6 Å². The lowest BCUT2D eigenvalue weighted by Gasteiger charge is -2.37. The molecule has 1 atom stereocenters. The van der Waals surface area contributed by atoms with Crippen LogP contribution in [-0.2, 0) is 11.3 Å². The molecule has 0 saturated heterocycles. The Labute approximate surface area is 128 Å². The van der Waals surface area contributed by atoms with Crippen LogP contribution in [0.3, 0.4) is 0 Å². The van der Waals surface area contributed by atoms with Gasteiger partial charge >= 0.3 is 0 Å². The zero-order valence-electron chi connectivity index (χ0n) is 13.5. The Morgan fingerprint density at radius 2 is 1.95 bits per heavy atom. The fourth-order valence-corrected chi connectivity index (χ4v) is 3.18. The molecule has 0 bridgehead atoms. The molecule has 1 unspecified atom stereocenters. The Hall–Kier alpha value is -1.35. The Balaban J connectivity index is 1.95. The van der Waals surface area contributed by atoms with Crippen LogP contribution in [0.2, 0.25) is 0 Å². The Morgan fingerprint density at radius 1 is 1.24 bits per heavy atom. The van der Waals surface area contributed by atoms with Gasteiger partial charge in [-0.25, -0.2) is 0 Å². The fourth-order valence-electron chi connectivity index (χ4n) is 3.18. The van der Waals surface area contributed by atoms with Gasteiger partial charge in [0.1, 0.15) is 0 Å². The van der Waals surface area contributed by atoms with Crippen molar-refractivity contribution in [3.05, 3.63) is 29.8 Å². The summed E-state index contributed by atoms with van der Waals surface area (Å²) in [5.41, 5.74) is 2.27. The minimum absolute atomic E-state index is 0.118. The van der Waals surface area contributed by atoms with E-state index in [2.05, 4.69) is 43.5 Å². The summed E-state index contributed by atoms with van der Waals surface area (Å²) in [6, 6.07) is 8.15. The van der Waals surface area contributed by atoms with E-state index < -0.39 is 0 Å². The molecule has 1 aromatic carbocycles. The zero-order chi connectivity index (χ0) is 15.3. The van der Waals surface area contributed by atoms with Crippen LogP contribution in [0.5, 0.6) is 0 Å². The van der Waals surface area contributed by atoms with Gasteiger partial charge in [-0.2, -0.15) is 0 Å². The van der Waals surface area contributed by atoms with E-state index in [1.54, 1.807) is 0 Å². The maximum Gasteiger partial charge on any atom is 0.228 e. The minimum atomic E-state index is 0.118. The molecule has 0 radical (unpaired) electrons. The van der Waals surface area contributed by atoms with Crippen molar-refractivity contribution in [2.24, 2.45) is 11.3 Å². The molecule has 116 valence electrons. The maximum atomic E-state index is 12.5. The molecule has 1 aliphatic carbocycles. The monoisotopic (exact) mass is 288 g/mol. The quantitative estimate of drug-likeness (QED) is 0.861. The average Bonchev–Trinajstić information content (AvgIpc) is 2.46. The van der Waals surface area contributed by atoms with Crippen molar-refractivity contribution in [1.29, 1.82) is 0 Å². The van der Waals surface area contributed by atoms with Gasteiger partial charge in [-0.3, -0.25) is 4.79 Å². The van der Waals surface area contributed by atoms with Crippen molar-refractivity contribution in [3.63, 3.8) is 0 Å². The van der Waals surface area contributed by atoms with Crippen molar-refractivity contribution in [3.8, 4) is 0 Å². The largest absolute Gasteiger partial charge is 0.326 e. The van der Waals surface area contributed by atoms with E-state index in [1.165, 1.54) is 18.4 Å². The molecule has 0 spiro atoms. The number of amides is 1. The van der Waals surface area contributed by atoms with Crippen LogP contribution in [-0.4, -0.2) is 12.5 Å². The third-order valence-corrected chi connectivity index (χ3v) is 4.62. The van der Waals surface area contributed by atoms with E-state index in [9.17, 15) is 4.79 Å². The topological polar surface area (TPSA) is 41.1 Å². The smallest absolute Gasteiger partial charge is 0.228 e. The second kappa shape index (κ2) is 7.08. The highest BCUT2D eigenvalue weighted by Gasteiger charge is 2.37. The van der Waals surface area contributed by atoms with Crippen LogP contribution in [0.4, 0.5) is 5.69 Å². The van der Waals surface area contributed by atoms with Crippen molar-refractivity contribution in [1.82, 2.24) is 5.32 Å². The molecule has 1 amide bonds. The normalized spacial score (nSPS) is 21.0. The molecule has 2 N–H and O–H groups in total. The lowest BCUT2D eigenvalue weighted by atomic mass is 9.68.